The number of fused-ring (bicyclic) bond motifs is 2. The fraction of sp³-hybridized carbons (Fsp3) is 0.533. The Morgan fingerprint density at radius 1 is 1.19 bits per heavy atom. The number of amides is 2. The van der Waals surface area contributed by atoms with Gasteiger partial charge in [-0.3, -0.25) is 4.79 Å². The number of halogens is 1. The number of ether oxygens (including phenoxy) is 2. The van der Waals surface area contributed by atoms with Gasteiger partial charge in [-0.25, -0.2) is 19.2 Å². The summed E-state index contributed by atoms with van der Waals surface area (Å²) in [6.45, 7) is 6.30. The Labute approximate surface area is 247 Å². The lowest BCUT2D eigenvalue weighted by Gasteiger charge is -2.35. The maximum absolute atomic E-state index is 14.8. The zero-order chi connectivity index (χ0) is 29.8. The van der Waals surface area contributed by atoms with Crippen molar-refractivity contribution < 1.29 is 23.5 Å². The van der Waals surface area contributed by atoms with Crippen LogP contribution in [0.5, 0.6) is 5.75 Å². The summed E-state index contributed by atoms with van der Waals surface area (Å²) in [5.41, 5.74) is 4.87. The molecule has 0 bridgehead atoms. The minimum absolute atomic E-state index is 0.0580. The third-order valence-electron chi connectivity index (χ3n) is 8.09. The van der Waals surface area contributed by atoms with Gasteiger partial charge in [-0.15, -0.1) is 11.3 Å². The second-order valence-corrected chi connectivity index (χ2v) is 13.3. The molecule has 1 saturated carbocycles. The van der Waals surface area contributed by atoms with Crippen LogP contribution in [0.3, 0.4) is 0 Å². The smallest absolute Gasteiger partial charge is 0.407 e. The first kappa shape index (κ1) is 28.4. The second-order valence-electron chi connectivity index (χ2n) is 12.4. The molecule has 1 N–H and O–H groups in total. The van der Waals surface area contributed by atoms with Crippen molar-refractivity contribution in [2.24, 2.45) is 13.0 Å². The molecule has 0 unspecified atom stereocenters. The molecule has 3 aromatic heterocycles. The van der Waals surface area contributed by atoms with E-state index in [9.17, 15) is 14.0 Å². The number of aromatic nitrogens is 4. The molecule has 1 aromatic carbocycles. The molecule has 6 rings (SSSR count). The van der Waals surface area contributed by atoms with E-state index in [-0.39, 0.29) is 25.4 Å². The van der Waals surface area contributed by atoms with E-state index >= 15 is 0 Å². The van der Waals surface area contributed by atoms with Gasteiger partial charge in [0.1, 0.15) is 23.0 Å². The fourth-order valence-electron chi connectivity index (χ4n) is 5.95. The van der Waals surface area contributed by atoms with E-state index in [0.29, 0.717) is 22.7 Å². The van der Waals surface area contributed by atoms with Crippen molar-refractivity contribution in [2.45, 2.75) is 70.8 Å². The average Bonchev–Trinajstić information content (AvgIpc) is 3.57. The fourth-order valence-corrected chi connectivity index (χ4v) is 6.67. The van der Waals surface area contributed by atoms with E-state index < -0.39 is 23.9 Å². The SMILES string of the molecule is COc1cc(C(=O)N2C[C@H](F)C[C@@H](NC(=O)OC(C)(C)C)C2)cc2nc(-c3cc4scnc4n3CC3CCC3)n(C)c12. The largest absolute Gasteiger partial charge is 0.494 e. The summed E-state index contributed by atoms with van der Waals surface area (Å²) in [4.78, 5) is 37.1. The van der Waals surface area contributed by atoms with Crippen molar-refractivity contribution >= 4 is 44.7 Å². The van der Waals surface area contributed by atoms with Crippen LogP contribution in [0.25, 0.3) is 32.9 Å². The highest BCUT2D eigenvalue weighted by molar-refractivity contribution is 7.16. The van der Waals surface area contributed by atoms with Crippen molar-refractivity contribution in [1.29, 1.82) is 0 Å². The number of rotatable bonds is 6. The zero-order valence-corrected chi connectivity index (χ0v) is 25.5. The summed E-state index contributed by atoms with van der Waals surface area (Å²) in [6.07, 6.45) is 1.91. The lowest BCUT2D eigenvalue weighted by molar-refractivity contribution is 0.0394. The number of thiazole rings is 1. The van der Waals surface area contributed by atoms with Gasteiger partial charge in [0.25, 0.3) is 5.91 Å². The Morgan fingerprint density at radius 2 is 1.98 bits per heavy atom. The molecule has 2 amide bonds. The summed E-state index contributed by atoms with van der Waals surface area (Å²) >= 11 is 1.61. The standard InChI is InChI=1S/C30H37FN6O4S/c1-30(2,3)41-29(39)33-20-11-19(31)14-36(15-20)28(38)18-9-21-25(23(10-18)40-5)35(4)26(34-21)22-12-24-27(32-16-42-24)37(22)13-17-7-6-8-17/h9-10,12,16-17,19-20H,6-8,11,13-15H2,1-5H3,(H,33,39)/t19-,20-/m1/s1. The van der Waals surface area contributed by atoms with Gasteiger partial charge in [0.2, 0.25) is 0 Å². The number of imidazole rings is 1. The second kappa shape index (κ2) is 10.9. The molecule has 0 spiro atoms. The number of hydrogen-bond acceptors (Lipinski definition) is 7. The molecule has 0 radical (unpaired) electrons. The number of alkyl halides is 1. The number of piperidine rings is 1. The lowest BCUT2D eigenvalue weighted by atomic mass is 9.85. The van der Waals surface area contributed by atoms with Crippen LogP contribution < -0.4 is 10.1 Å². The molecule has 1 aliphatic carbocycles. The topological polar surface area (TPSA) is 104 Å². The van der Waals surface area contributed by atoms with Crippen LogP contribution in [-0.4, -0.2) is 74.0 Å². The van der Waals surface area contributed by atoms with Gasteiger partial charge in [-0.1, -0.05) is 6.42 Å². The average molecular weight is 597 g/mol. The van der Waals surface area contributed by atoms with Crippen LogP contribution in [0.2, 0.25) is 0 Å². The lowest BCUT2D eigenvalue weighted by Crippen LogP contribution is -2.54. The van der Waals surface area contributed by atoms with E-state index in [2.05, 4.69) is 20.9 Å². The number of nitrogens with one attached hydrogen (secondary N) is 1. The number of methoxy groups -OCH3 is 1. The number of aryl methyl sites for hydroxylation is 1. The Morgan fingerprint density at radius 3 is 2.67 bits per heavy atom. The first-order chi connectivity index (χ1) is 20.0. The van der Waals surface area contributed by atoms with Gasteiger partial charge in [0, 0.05) is 32.1 Å². The van der Waals surface area contributed by atoms with Gasteiger partial charge >= 0.3 is 6.09 Å². The monoisotopic (exact) mass is 596 g/mol. The molecule has 42 heavy (non-hydrogen) atoms. The highest BCUT2D eigenvalue weighted by Gasteiger charge is 2.33. The minimum atomic E-state index is -1.28. The van der Waals surface area contributed by atoms with Crippen molar-refractivity contribution in [3.05, 3.63) is 29.3 Å². The summed E-state index contributed by atoms with van der Waals surface area (Å²) in [5.74, 6) is 1.55. The van der Waals surface area contributed by atoms with Gasteiger partial charge < -0.3 is 28.8 Å². The first-order valence-electron chi connectivity index (χ1n) is 14.4. The molecule has 2 fully saturated rings. The maximum atomic E-state index is 14.8. The molecule has 1 saturated heterocycles. The predicted molar refractivity (Wildman–Crippen MR) is 160 cm³/mol. The van der Waals surface area contributed by atoms with Crippen molar-refractivity contribution in [2.75, 3.05) is 20.2 Å². The van der Waals surface area contributed by atoms with Crippen LogP contribution in [0, 0.1) is 5.92 Å². The van der Waals surface area contributed by atoms with Crippen LogP contribution in [0.4, 0.5) is 9.18 Å². The van der Waals surface area contributed by atoms with E-state index in [0.717, 1.165) is 33.9 Å². The van der Waals surface area contributed by atoms with Gasteiger partial charge in [0.15, 0.2) is 11.5 Å². The Balaban J connectivity index is 1.31. The molecule has 12 heteroatoms. The molecule has 224 valence electrons. The van der Waals surface area contributed by atoms with E-state index in [4.69, 9.17) is 14.5 Å². The van der Waals surface area contributed by atoms with Crippen molar-refractivity contribution in [1.82, 2.24) is 29.3 Å². The number of alkyl carbamates (subject to hydrolysis) is 1. The minimum Gasteiger partial charge on any atom is -0.494 e. The molecular weight excluding hydrogens is 559 g/mol. The molecule has 4 aromatic rings. The molecule has 1 aliphatic heterocycles. The summed E-state index contributed by atoms with van der Waals surface area (Å²) in [6, 6.07) is 4.99. The van der Waals surface area contributed by atoms with Crippen LogP contribution >= 0.6 is 11.3 Å². The van der Waals surface area contributed by atoms with Crippen LogP contribution in [0.15, 0.2) is 23.7 Å². The predicted octanol–water partition coefficient (Wildman–Crippen LogP) is 5.54. The summed E-state index contributed by atoms with van der Waals surface area (Å²) in [5, 5.41) is 2.72. The Kier molecular flexibility index (Phi) is 7.36. The summed E-state index contributed by atoms with van der Waals surface area (Å²) in [7, 11) is 3.51. The number of carbonyl (C=O) groups is 2. The molecule has 2 atom stereocenters. The normalized spacial score (nSPS) is 19.7. The highest BCUT2D eigenvalue weighted by atomic mass is 32.1. The highest BCUT2D eigenvalue weighted by Crippen LogP contribution is 2.37. The molecule has 10 nitrogen and oxygen atoms in total. The van der Waals surface area contributed by atoms with Crippen molar-refractivity contribution in [3.63, 3.8) is 0 Å². The van der Waals surface area contributed by atoms with E-state index in [1.807, 2.05) is 17.1 Å². The Bertz CT molecular complexity index is 1650. The first-order valence-corrected chi connectivity index (χ1v) is 15.3. The van der Waals surface area contributed by atoms with E-state index in [1.165, 1.54) is 24.2 Å². The maximum Gasteiger partial charge on any atom is 0.407 e. The zero-order valence-electron chi connectivity index (χ0n) is 24.6. The number of carbonyl (C=O) groups excluding carboxylic acids is 2. The van der Waals surface area contributed by atoms with Gasteiger partial charge in [0.05, 0.1) is 41.1 Å². The van der Waals surface area contributed by atoms with E-state index in [1.54, 1.807) is 51.4 Å². The summed E-state index contributed by atoms with van der Waals surface area (Å²) < 4.78 is 31.2. The third-order valence-corrected chi connectivity index (χ3v) is 8.86. The van der Waals surface area contributed by atoms with Gasteiger partial charge in [-0.05, 0) is 57.7 Å². The van der Waals surface area contributed by atoms with Crippen molar-refractivity contribution in [3.8, 4) is 17.3 Å². The number of likely N-dealkylation sites (tertiary alicyclic amines) is 1. The van der Waals surface area contributed by atoms with Crippen LogP contribution in [-0.2, 0) is 18.3 Å². The Hall–Kier alpha value is -3.67. The number of nitrogens with zero attached hydrogens (tertiary/aromatic N) is 5. The quantitative estimate of drug-likeness (QED) is 0.314. The number of hydrogen-bond donors (Lipinski definition) is 1. The molecular formula is C30H37FN6O4S. The van der Waals surface area contributed by atoms with Crippen LogP contribution in [0.1, 0.15) is 56.8 Å². The third kappa shape index (κ3) is 5.44. The number of benzene rings is 1. The molecule has 4 heterocycles. The van der Waals surface area contributed by atoms with Gasteiger partial charge in [-0.2, -0.15) is 0 Å². The molecule has 2 aliphatic rings.